The van der Waals surface area contributed by atoms with Gasteiger partial charge < -0.3 is 5.32 Å². The smallest absolute Gasteiger partial charge is 0.274 e. The van der Waals surface area contributed by atoms with Crippen molar-refractivity contribution in [2.24, 2.45) is 0 Å². The van der Waals surface area contributed by atoms with Crippen molar-refractivity contribution >= 4 is 33.2 Å². The lowest BCUT2D eigenvalue weighted by Gasteiger charge is -2.13. The Bertz CT molecular complexity index is 1460. The largest absolute Gasteiger partial charge is 0.322 e. The fourth-order valence-corrected chi connectivity index (χ4v) is 4.46. The zero-order chi connectivity index (χ0) is 24.8. The van der Waals surface area contributed by atoms with E-state index in [1.807, 2.05) is 6.07 Å². The van der Waals surface area contributed by atoms with Crippen LogP contribution in [-0.4, -0.2) is 25.4 Å². The number of rotatable bonds is 7. The number of nitrogens with one attached hydrogen (secondary N) is 3. The van der Waals surface area contributed by atoms with Gasteiger partial charge in [-0.1, -0.05) is 48.5 Å². The predicted octanol–water partition coefficient (Wildman–Crippen LogP) is 4.53. The average molecular weight is 488 g/mol. The van der Waals surface area contributed by atoms with Crippen LogP contribution >= 0.6 is 0 Å². The number of carbonyl (C=O) groups is 2. The van der Waals surface area contributed by atoms with Crippen LogP contribution in [0.4, 0.5) is 11.4 Å². The highest BCUT2D eigenvalue weighted by Gasteiger charge is 2.17. The normalized spacial score (nSPS) is 10.9. The van der Waals surface area contributed by atoms with Gasteiger partial charge >= 0.3 is 0 Å². The summed E-state index contributed by atoms with van der Waals surface area (Å²) in [7, 11) is -3.90. The first-order valence-electron chi connectivity index (χ1n) is 10.5. The molecule has 0 unspecified atom stereocenters. The number of anilines is 2. The molecule has 4 N–H and O–H groups in total. The molecule has 0 saturated carbocycles. The Hall–Kier alpha value is -4.47. The molecule has 4 aromatic rings. The van der Waals surface area contributed by atoms with Crippen LogP contribution in [0.15, 0.2) is 108 Å². The van der Waals surface area contributed by atoms with Gasteiger partial charge in [0, 0.05) is 16.8 Å². The molecule has 0 aliphatic rings. The second-order valence-corrected chi connectivity index (χ2v) is 9.24. The number of benzene rings is 4. The van der Waals surface area contributed by atoms with Crippen LogP contribution in [0.2, 0.25) is 0 Å². The van der Waals surface area contributed by atoms with Crippen LogP contribution < -0.4 is 15.5 Å². The quantitative estimate of drug-likeness (QED) is 0.225. The Labute approximate surface area is 202 Å². The molecule has 35 heavy (non-hydrogen) atoms. The lowest BCUT2D eigenvalue weighted by atomic mass is 10.0. The number of hydrogen-bond acceptors (Lipinski definition) is 5. The lowest BCUT2D eigenvalue weighted by molar-refractivity contribution is 0.0706. The summed E-state index contributed by atoms with van der Waals surface area (Å²) in [5.74, 6) is -1.08. The highest BCUT2D eigenvalue weighted by Crippen LogP contribution is 2.27. The maximum atomic E-state index is 13.0. The zero-order valence-corrected chi connectivity index (χ0v) is 19.1. The molecule has 4 aromatic carbocycles. The van der Waals surface area contributed by atoms with Gasteiger partial charge in [0.1, 0.15) is 0 Å². The molecule has 0 bridgehead atoms. The molecular formula is C26H21N3O5S. The van der Waals surface area contributed by atoms with E-state index in [0.717, 1.165) is 0 Å². The van der Waals surface area contributed by atoms with Crippen LogP contribution in [-0.2, 0) is 10.0 Å². The van der Waals surface area contributed by atoms with Crippen molar-refractivity contribution in [3.05, 3.63) is 114 Å². The topological polar surface area (TPSA) is 125 Å². The van der Waals surface area contributed by atoms with E-state index in [4.69, 9.17) is 5.21 Å². The van der Waals surface area contributed by atoms with Crippen LogP contribution in [0.1, 0.15) is 20.7 Å². The summed E-state index contributed by atoms with van der Waals surface area (Å²) in [4.78, 5) is 24.7. The average Bonchev–Trinajstić information content (AvgIpc) is 2.89. The minimum atomic E-state index is -3.90. The minimum absolute atomic E-state index is 0.0834. The molecule has 0 atom stereocenters. The molecule has 0 aliphatic heterocycles. The van der Waals surface area contributed by atoms with Crippen molar-refractivity contribution in [3.63, 3.8) is 0 Å². The molecule has 0 saturated heterocycles. The van der Waals surface area contributed by atoms with Crippen LogP contribution in [0.3, 0.4) is 0 Å². The third-order valence-electron chi connectivity index (χ3n) is 5.11. The summed E-state index contributed by atoms with van der Waals surface area (Å²) in [6.45, 7) is 0. The zero-order valence-electron chi connectivity index (χ0n) is 18.3. The van der Waals surface area contributed by atoms with Gasteiger partial charge in [-0.3, -0.25) is 19.5 Å². The van der Waals surface area contributed by atoms with E-state index >= 15 is 0 Å². The maximum Gasteiger partial charge on any atom is 0.274 e. The van der Waals surface area contributed by atoms with Crippen molar-refractivity contribution in [1.82, 2.24) is 5.48 Å². The first-order valence-corrected chi connectivity index (χ1v) is 12.0. The molecule has 0 aliphatic carbocycles. The van der Waals surface area contributed by atoms with E-state index < -0.39 is 21.8 Å². The monoisotopic (exact) mass is 487 g/mol. The van der Waals surface area contributed by atoms with Crippen molar-refractivity contribution in [2.45, 2.75) is 4.90 Å². The van der Waals surface area contributed by atoms with Crippen LogP contribution in [0, 0.1) is 0 Å². The molecule has 4 rings (SSSR count). The summed E-state index contributed by atoms with van der Waals surface area (Å²) in [5, 5.41) is 11.6. The Balaban J connectivity index is 1.73. The molecule has 8 nitrogen and oxygen atoms in total. The Morgan fingerprint density at radius 3 is 1.89 bits per heavy atom. The summed E-state index contributed by atoms with van der Waals surface area (Å²) in [6, 6.07) is 27.7. The minimum Gasteiger partial charge on any atom is -0.322 e. The van der Waals surface area contributed by atoms with Crippen molar-refractivity contribution in [2.75, 3.05) is 10.0 Å². The van der Waals surface area contributed by atoms with Gasteiger partial charge in [0.15, 0.2) is 0 Å². The van der Waals surface area contributed by atoms with Crippen LogP contribution in [0.25, 0.3) is 11.1 Å². The number of hydroxylamine groups is 1. The number of para-hydroxylation sites is 1. The molecule has 176 valence electrons. The maximum absolute atomic E-state index is 13.0. The Morgan fingerprint density at radius 1 is 0.629 bits per heavy atom. The summed E-state index contributed by atoms with van der Waals surface area (Å²) in [6.07, 6.45) is 0. The van der Waals surface area contributed by atoms with Gasteiger partial charge in [0.25, 0.3) is 21.8 Å². The summed E-state index contributed by atoms with van der Waals surface area (Å²) >= 11 is 0. The standard InChI is InChI=1S/C26H21N3O5S/c30-25(27-22-7-3-1-4-8-22)21-15-20(18-11-13-19(14-12-18)26(31)28-32)16-23(17-21)29-35(33,34)24-9-5-2-6-10-24/h1-17,29,32H,(H,27,30)(H,28,31). The molecule has 0 radical (unpaired) electrons. The van der Waals surface area contributed by atoms with Gasteiger partial charge in [-0.25, -0.2) is 13.9 Å². The molecule has 9 heteroatoms. The molecule has 0 spiro atoms. The number of amides is 2. The van der Waals surface area contributed by atoms with E-state index in [2.05, 4.69) is 10.0 Å². The first kappa shape index (κ1) is 23.7. The third kappa shape index (κ3) is 5.72. The fraction of sp³-hybridized carbons (Fsp3) is 0. The second kappa shape index (κ2) is 10.2. The summed E-state index contributed by atoms with van der Waals surface area (Å²) in [5.41, 5.74) is 4.01. The fourth-order valence-electron chi connectivity index (χ4n) is 3.40. The molecular weight excluding hydrogens is 466 g/mol. The SMILES string of the molecule is O=C(NO)c1ccc(-c2cc(NS(=O)(=O)c3ccccc3)cc(C(=O)Nc3ccccc3)c2)cc1. The van der Waals surface area contributed by atoms with Crippen molar-refractivity contribution in [3.8, 4) is 11.1 Å². The van der Waals surface area contributed by atoms with E-state index in [0.29, 0.717) is 16.8 Å². The van der Waals surface area contributed by atoms with E-state index in [1.165, 1.54) is 30.3 Å². The molecule has 0 aromatic heterocycles. The van der Waals surface area contributed by atoms with Gasteiger partial charge in [-0.2, -0.15) is 0 Å². The number of sulfonamides is 1. The first-order chi connectivity index (χ1) is 16.9. The third-order valence-corrected chi connectivity index (χ3v) is 6.51. The van der Waals surface area contributed by atoms with E-state index in [1.54, 1.807) is 72.2 Å². The molecule has 0 fully saturated rings. The number of hydrogen-bond donors (Lipinski definition) is 4. The van der Waals surface area contributed by atoms with Crippen LogP contribution in [0.5, 0.6) is 0 Å². The second-order valence-electron chi connectivity index (χ2n) is 7.56. The molecule has 2 amide bonds. The highest BCUT2D eigenvalue weighted by atomic mass is 32.2. The molecule has 0 heterocycles. The summed E-state index contributed by atoms with van der Waals surface area (Å²) < 4.78 is 28.3. The predicted molar refractivity (Wildman–Crippen MR) is 133 cm³/mol. The van der Waals surface area contributed by atoms with E-state index in [9.17, 15) is 18.0 Å². The lowest BCUT2D eigenvalue weighted by Crippen LogP contribution is -2.18. The van der Waals surface area contributed by atoms with Gasteiger partial charge in [-0.05, 0) is 65.7 Å². The van der Waals surface area contributed by atoms with Crippen molar-refractivity contribution in [1.29, 1.82) is 0 Å². The number of carbonyl (C=O) groups excluding carboxylic acids is 2. The Morgan fingerprint density at radius 2 is 1.26 bits per heavy atom. The van der Waals surface area contributed by atoms with Gasteiger partial charge in [0.05, 0.1) is 10.6 Å². The van der Waals surface area contributed by atoms with Gasteiger partial charge in [0.2, 0.25) is 0 Å². The van der Waals surface area contributed by atoms with Gasteiger partial charge in [-0.15, -0.1) is 0 Å². The van der Waals surface area contributed by atoms with E-state index in [-0.39, 0.29) is 21.7 Å². The highest BCUT2D eigenvalue weighted by molar-refractivity contribution is 7.92. The van der Waals surface area contributed by atoms with Crippen molar-refractivity contribution < 1.29 is 23.2 Å². The Kier molecular flexibility index (Phi) is 6.91.